The Balaban J connectivity index is 0.000000292. The van der Waals surface area contributed by atoms with Gasteiger partial charge < -0.3 is 23.3 Å². The van der Waals surface area contributed by atoms with E-state index in [2.05, 4.69) is 7.05 Å². The Morgan fingerprint density at radius 1 is 1.14 bits per heavy atom. The monoisotopic (exact) mass is 233 g/mol. The summed E-state index contributed by atoms with van der Waals surface area (Å²) in [6.07, 6.45) is 2.75. The van der Waals surface area contributed by atoms with Gasteiger partial charge in [-0.25, -0.2) is 0 Å². The molecule has 0 radical (unpaired) electrons. The van der Waals surface area contributed by atoms with Crippen molar-refractivity contribution in [2.24, 2.45) is 0 Å². The molecule has 1 saturated heterocycles. The van der Waals surface area contributed by atoms with Gasteiger partial charge >= 0.3 is 14.9 Å². The van der Waals surface area contributed by atoms with Crippen LogP contribution in [0.5, 0.6) is 0 Å². The summed E-state index contributed by atoms with van der Waals surface area (Å²) < 4.78 is 45.6. The Kier molecular flexibility index (Phi) is 5.98. The molecule has 0 aromatic carbocycles. The molecule has 14 heavy (non-hydrogen) atoms. The minimum absolute atomic E-state index is 0.889. The maximum atomic E-state index is 9.85. The van der Waals surface area contributed by atoms with Crippen LogP contribution in [0.3, 0.4) is 0 Å². The van der Waals surface area contributed by atoms with E-state index in [1.807, 2.05) is 0 Å². The fourth-order valence-corrected chi connectivity index (χ4v) is 1.54. The van der Waals surface area contributed by atoms with Gasteiger partial charge in [-0.15, -0.1) is 0 Å². The average molecular weight is 233 g/mol. The molecule has 1 rings (SSSR count). The minimum atomic E-state index is -6.83. The molecule has 0 N–H and O–H groups in total. The smallest absolute Gasteiger partial charge is 0.510 e. The van der Waals surface area contributed by atoms with Gasteiger partial charge in [0.05, 0.1) is 20.1 Å². The fraction of sp³-hybridized carbons (Fsp3) is 1.00. The van der Waals surface area contributed by atoms with E-state index in [0.717, 1.165) is 11.2 Å². The molecule has 0 saturated carbocycles. The van der Waals surface area contributed by atoms with Crippen molar-refractivity contribution in [1.82, 2.24) is 0 Å². The highest BCUT2D eigenvalue weighted by atomic mass is 27.5. The predicted octanol–water partition coefficient (Wildman–Crippen LogP) is 2.13. The van der Waals surface area contributed by atoms with Crippen LogP contribution >= 0.6 is 0 Å². The number of methoxy groups -OCH3 is 1. The van der Waals surface area contributed by atoms with Gasteiger partial charge in [-0.2, -0.15) is 0 Å². The second-order valence-electron chi connectivity index (χ2n) is 3.69. The van der Waals surface area contributed by atoms with Crippen molar-refractivity contribution < 1.29 is 23.3 Å². The number of hydrogen-bond acceptors (Lipinski definition) is 1. The number of likely N-dealkylation sites (tertiary alicyclic amines) is 1. The Bertz CT molecular complexity index is 152. The number of hydrogen-bond donors (Lipinski definition) is 0. The van der Waals surface area contributed by atoms with Crippen LogP contribution in [0.2, 0.25) is 0 Å². The molecular weight excluding hydrogens is 217 g/mol. The average Bonchev–Trinajstić information content (AvgIpc) is 2.33. The van der Waals surface area contributed by atoms with E-state index in [0.29, 0.717) is 0 Å². The third kappa shape index (κ3) is 8.76. The summed E-state index contributed by atoms with van der Waals surface area (Å²) in [7, 11) is 4.04. The molecule has 1 aliphatic rings. The fourth-order valence-electron chi connectivity index (χ4n) is 1.54. The summed E-state index contributed by atoms with van der Waals surface area (Å²) >= 11 is -6.83. The van der Waals surface area contributed by atoms with Gasteiger partial charge in [-0.3, -0.25) is 0 Å². The van der Waals surface area contributed by atoms with E-state index in [9.17, 15) is 14.1 Å². The number of quaternary nitrogens is 1. The van der Waals surface area contributed by atoms with Crippen LogP contribution in [0.25, 0.3) is 0 Å². The van der Waals surface area contributed by atoms with Crippen molar-refractivity contribution in [3.8, 4) is 0 Å². The van der Waals surface area contributed by atoms with E-state index in [1.54, 1.807) is 7.11 Å². The van der Waals surface area contributed by atoms with Crippen molar-refractivity contribution in [2.45, 2.75) is 12.8 Å². The molecule has 1 aliphatic heterocycles. The van der Waals surface area contributed by atoms with Gasteiger partial charge in [-0.1, -0.05) is 0 Å². The van der Waals surface area contributed by atoms with Crippen molar-refractivity contribution in [3.05, 3.63) is 0 Å². The zero-order chi connectivity index (χ0) is 11.2. The molecule has 2 nitrogen and oxygen atoms in total. The van der Waals surface area contributed by atoms with Crippen molar-refractivity contribution in [2.75, 3.05) is 34.0 Å². The summed E-state index contributed by atoms with van der Waals surface area (Å²) in [5.74, 6) is 0. The molecule has 0 atom stereocenters. The van der Waals surface area contributed by atoms with E-state index in [4.69, 9.17) is 4.74 Å². The number of nitrogens with zero attached hydrogens (tertiary/aromatic N) is 1. The van der Waals surface area contributed by atoms with E-state index < -0.39 is 14.9 Å². The van der Waals surface area contributed by atoms with Gasteiger partial charge in [0.15, 0.2) is 6.73 Å². The second-order valence-corrected chi connectivity index (χ2v) is 4.68. The van der Waals surface area contributed by atoms with Crippen molar-refractivity contribution in [1.29, 1.82) is 0 Å². The lowest BCUT2D eigenvalue weighted by Crippen LogP contribution is -2.42. The van der Waals surface area contributed by atoms with Gasteiger partial charge in [-0.05, 0) is 0 Å². The zero-order valence-corrected chi connectivity index (χ0v) is 9.63. The molecule has 0 bridgehead atoms. The maximum absolute atomic E-state index is 9.85. The van der Waals surface area contributed by atoms with Crippen LogP contribution in [-0.2, 0) is 4.74 Å². The first-order chi connectivity index (χ1) is 6.27. The highest BCUT2D eigenvalue weighted by Crippen LogP contribution is 2.15. The molecule has 0 spiro atoms. The molecule has 0 aromatic rings. The van der Waals surface area contributed by atoms with Crippen LogP contribution in [0, 0.1) is 0 Å². The maximum Gasteiger partial charge on any atom is 1.04 e. The minimum Gasteiger partial charge on any atom is -0.510 e. The molecule has 1 fully saturated rings. The molecule has 0 aromatic heterocycles. The van der Waals surface area contributed by atoms with Crippen LogP contribution < -0.4 is 0 Å². The third-order valence-electron chi connectivity index (χ3n) is 2.09. The molecular formula is C7H16AlF4NO. The number of halogens is 4. The SMILES string of the molecule is COC[N+]1(C)CCCC1.[F][Al-]([F])([F])[F]. The van der Waals surface area contributed by atoms with Crippen LogP contribution in [0.1, 0.15) is 12.8 Å². The van der Waals surface area contributed by atoms with E-state index in [1.165, 1.54) is 25.9 Å². The molecule has 0 amide bonds. The molecule has 0 unspecified atom stereocenters. The van der Waals surface area contributed by atoms with Crippen LogP contribution in [0.4, 0.5) is 14.1 Å². The number of ether oxygens (including phenoxy) is 1. The summed E-state index contributed by atoms with van der Waals surface area (Å²) in [5, 5.41) is 0. The quantitative estimate of drug-likeness (QED) is 0.403. The predicted molar refractivity (Wildman–Crippen MR) is 47.2 cm³/mol. The summed E-state index contributed by atoms with van der Waals surface area (Å²) in [4.78, 5) is 0. The Hall–Kier alpha value is 0.172. The van der Waals surface area contributed by atoms with Gasteiger partial charge in [0.25, 0.3) is 0 Å². The Labute approximate surface area is 85.6 Å². The first-order valence-corrected chi connectivity index (χ1v) is 6.21. The largest absolute Gasteiger partial charge is 1.04 e. The van der Waals surface area contributed by atoms with E-state index in [-0.39, 0.29) is 0 Å². The third-order valence-corrected chi connectivity index (χ3v) is 2.09. The van der Waals surface area contributed by atoms with E-state index >= 15 is 0 Å². The van der Waals surface area contributed by atoms with Gasteiger partial charge in [0.1, 0.15) is 0 Å². The highest BCUT2D eigenvalue weighted by molar-refractivity contribution is 6.50. The second kappa shape index (κ2) is 5.91. The van der Waals surface area contributed by atoms with Gasteiger partial charge in [0, 0.05) is 20.0 Å². The summed E-state index contributed by atoms with van der Waals surface area (Å²) in [5.41, 5.74) is 0. The lowest BCUT2D eigenvalue weighted by molar-refractivity contribution is -0.916. The lowest BCUT2D eigenvalue weighted by Gasteiger charge is -2.27. The first kappa shape index (κ1) is 14.2. The Morgan fingerprint density at radius 3 is 1.79 bits per heavy atom. The van der Waals surface area contributed by atoms with Crippen LogP contribution in [0.15, 0.2) is 0 Å². The summed E-state index contributed by atoms with van der Waals surface area (Å²) in [6.45, 7) is 3.49. The molecule has 7 heteroatoms. The van der Waals surface area contributed by atoms with Crippen molar-refractivity contribution in [3.63, 3.8) is 0 Å². The highest BCUT2D eigenvalue weighted by Gasteiger charge is 2.41. The molecule has 86 valence electrons. The Morgan fingerprint density at radius 2 is 1.50 bits per heavy atom. The standard InChI is InChI=1S/C7H16NO.Al.4FH/c1-8(7-9-2)5-3-4-6-8;;;;;/h3-7H2,1-2H3;;4*1H/q+1;+3;;;;/p-4. The molecule has 0 aliphatic carbocycles. The molecule has 1 heterocycles. The van der Waals surface area contributed by atoms with Crippen molar-refractivity contribution >= 4 is 14.9 Å². The lowest BCUT2D eigenvalue weighted by atomic mass is 10.4. The topological polar surface area (TPSA) is 9.23 Å². The number of rotatable bonds is 2. The normalized spacial score (nSPS) is 20.1. The first-order valence-electron chi connectivity index (χ1n) is 4.47. The zero-order valence-electron chi connectivity index (χ0n) is 8.48. The van der Waals surface area contributed by atoms with Crippen LogP contribution in [-0.4, -0.2) is 53.4 Å². The van der Waals surface area contributed by atoms with Gasteiger partial charge in [0.2, 0.25) is 0 Å². The summed E-state index contributed by atoms with van der Waals surface area (Å²) in [6, 6.07) is 0.